The maximum Gasteiger partial charge on any atom is 0.233 e. The minimum Gasteiger partial charge on any atom is -0.496 e. The third-order valence-electron chi connectivity index (χ3n) is 4.64. The highest BCUT2D eigenvalue weighted by atomic mass is 16.5. The Morgan fingerprint density at radius 3 is 2.04 bits per heavy atom. The van der Waals surface area contributed by atoms with E-state index < -0.39 is 0 Å². The van der Waals surface area contributed by atoms with Crippen molar-refractivity contribution in [2.45, 2.75) is 12.5 Å². The summed E-state index contributed by atoms with van der Waals surface area (Å²) >= 11 is 0. The predicted octanol–water partition coefficient (Wildman–Crippen LogP) is 3.73. The molecule has 0 aliphatic rings. The number of amides is 1. The van der Waals surface area contributed by atoms with Gasteiger partial charge in [0.15, 0.2) is 0 Å². The van der Waals surface area contributed by atoms with Crippen molar-refractivity contribution in [3.05, 3.63) is 102 Å². The highest BCUT2D eigenvalue weighted by molar-refractivity contribution is 5.78. The third-order valence-corrected chi connectivity index (χ3v) is 4.64. The van der Waals surface area contributed by atoms with E-state index in [1.54, 1.807) is 7.11 Å². The van der Waals surface area contributed by atoms with Crippen LogP contribution in [0.5, 0.6) is 5.75 Å². The van der Waals surface area contributed by atoms with E-state index in [9.17, 15) is 4.79 Å². The number of methoxy groups -OCH3 is 1. The lowest BCUT2D eigenvalue weighted by molar-refractivity contribution is -0.120. The maximum absolute atomic E-state index is 12.3. The number of ether oxygens (including phenoxy) is 1. The standard InChI is InChI=1S/C24H26N2O2/c1-28-22-15-9-8-10-19(22)16-17-25-23(27)18-26-24(20-11-4-2-5-12-20)21-13-6-3-7-14-21/h2-15,24,26H,16-18H2,1H3,(H,25,27). The van der Waals surface area contributed by atoms with Crippen LogP contribution >= 0.6 is 0 Å². The second-order valence-corrected chi connectivity index (χ2v) is 6.55. The zero-order chi connectivity index (χ0) is 19.6. The molecule has 0 heterocycles. The fraction of sp³-hybridized carbons (Fsp3) is 0.208. The van der Waals surface area contributed by atoms with Crippen LogP contribution < -0.4 is 15.4 Å². The minimum atomic E-state index is -0.0256. The van der Waals surface area contributed by atoms with Crippen molar-refractivity contribution in [1.29, 1.82) is 0 Å². The van der Waals surface area contributed by atoms with E-state index in [2.05, 4.69) is 34.9 Å². The lowest BCUT2D eigenvalue weighted by atomic mass is 9.99. The molecule has 0 aliphatic heterocycles. The summed E-state index contributed by atoms with van der Waals surface area (Å²) in [7, 11) is 1.66. The van der Waals surface area contributed by atoms with Gasteiger partial charge in [-0.15, -0.1) is 0 Å². The first-order chi connectivity index (χ1) is 13.8. The van der Waals surface area contributed by atoms with Gasteiger partial charge in [0.25, 0.3) is 0 Å². The quantitative estimate of drug-likeness (QED) is 0.600. The highest BCUT2D eigenvalue weighted by Gasteiger charge is 2.14. The maximum atomic E-state index is 12.3. The summed E-state index contributed by atoms with van der Waals surface area (Å²) in [6, 6.07) is 28.2. The van der Waals surface area contributed by atoms with Crippen LogP contribution in [0.3, 0.4) is 0 Å². The van der Waals surface area contributed by atoms with Crippen LogP contribution in [0.25, 0.3) is 0 Å². The van der Waals surface area contributed by atoms with Crippen LogP contribution in [0.2, 0.25) is 0 Å². The van der Waals surface area contributed by atoms with Crippen LogP contribution in [0.4, 0.5) is 0 Å². The van der Waals surface area contributed by atoms with E-state index in [0.717, 1.165) is 28.9 Å². The Labute approximate surface area is 166 Å². The molecule has 0 fully saturated rings. The number of rotatable bonds is 9. The molecule has 144 valence electrons. The van der Waals surface area contributed by atoms with E-state index >= 15 is 0 Å². The molecule has 0 aromatic heterocycles. The first-order valence-corrected chi connectivity index (χ1v) is 9.50. The molecule has 2 N–H and O–H groups in total. The fourth-order valence-electron chi connectivity index (χ4n) is 3.22. The number of para-hydroxylation sites is 1. The average molecular weight is 374 g/mol. The lowest BCUT2D eigenvalue weighted by Gasteiger charge is -2.19. The second-order valence-electron chi connectivity index (χ2n) is 6.55. The van der Waals surface area contributed by atoms with Crippen molar-refractivity contribution in [2.24, 2.45) is 0 Å². The first-order valence-electron chi connectivity index (χ1n) is 9.50. The van der Waals surface area contributed by atoms with Crippen molar-refractivity contribution >= 4 is 5.91 Å². The van der Waals surface area contributed by atoms with Gasteiger partial charge in [0.05, 0.1) is 19.7 Å². The molecule has 0 spiro atoms. The third kappa shape index (κ3) is 5.44. The predicted molar refractivity (Wildman–Crippen MR) is 112 cm³/mol. The highest BCUT2D eigenvalue weighted by Crippen LogP contribution is 2.21. The number of hydrogen-bond acceptors (Lipinski definition) is 3. The van der Waals surface area contributed by atoms with Crippen molar-refractivity contribution < 1.29 is 9.53 Å². The summed E-state index contributed by atoms with van der Waals surface area (Å²) < 4.78 is 5.35. The molecule has 0 aliphatic carbocycles. The SMILES string of the molecule is COc1ccccc1CCNC(=O)CNC(c1ccccc1)c1ccccc1. The fourth-order valence-corrected chi connectivity index (χ4v) is 3.22. The summed E-state index contributed by atoms with van der Waals surface area (Å²) in [5.41, 5.74) is 3.36. The molecule has 0 unspecified atom stereocenters. The van der Waals surface area contributed by atoms with Gasteiger partial charge in [0.2, 0.25) is 5.91 Å². The number of nitrogens with one attached hydrogen (secondary N) is 2. The summed E-state index contributed by atoms with van der Waals surface area (Å²) in [6.45, 7) is 0.822. The second kappa shape index (κ2) is 10.3. The molecular weight excluding hydrogens is 348 g/mol. The molecule has 0 saturated carbocycles. The molecule has 3 rings (SSSR count). The molecule has 28 heavy (non-hydrogen) atoms. The number of carbonyl (C=O) groups excluding carboxylic acids is 1. The Hall–Kier alpha value is -3.11. The first kappa shape index (κ1) is 19.6. The number of carbonyl (C=O) groups is 1. The molecule has 4 heteroatoms. The van der Waals surface area contributed by atoms with Gasteiger partial charge in [-0.05, 0) is 29.2 Å². The minimum absolute atomic E-state index is 0.0215. The number of benzene rings is 3. The van der Waals surface area contributed by atoms with E-state index in [1.165, 1.54) is 0 Å². The molecule has 3 aromatic rings. The summed E-state index contributed by atoms with van der Waals surface area (Å²) in [6.07, 6.45) is 0.733. The Balaban J connectivity index is 1.55. The van der Waals surface area contributed by atoms with Crippen LogP contribution in [0.15, 0.2) is 84.9 Å². The molecule has 0 saturated heterocycles. The van der Waals surface area contributed by atoms with Crippen LogP contribution in [-0.4, -0.2) is 26.1 Å². The van der Waals surface area contributed by atoms with E-state index in [4.69, 9.17) is 4.74 Å². The van der Waals surface area contributed by atoms with Gasteiger partial charge in [-0.1, -0.05) is 78.9 Å². The summed E-state index contributed by atoms with van der Waals surface area (Å²) in [4.78, 5) is 12.3. The van der Waals surface area contributed by atoms with Gasteiger partial charge in [0.1, 0.15) is 5.75 Å². The lowest BCUT2D eigenvalue weighted by Crippen LogP contribution is -2.37. The molecule has 4 nitrogen and oxygen atoms in total. The zero-order valence-corrected chi connectivity index (χ0v) is 16.1. The topological polar surface area (TPSA) is 50.4 Å². The van der Waals surface area contributed by atoms with Gasteiger partial charge in [-0.25, -0.2) is 0 Å². The largest absolute Gasteiger partial charge is 0.496 e. The van der Waals surface area contributed by atoms with Crippen LogP contribution in [0, 0.1) is 0 Å². The smallest absolute Gasteiger partial charge is 0.233 e. The monoisotopic (exact) mass is 374 g/mol. The van der Waals surface area contributed by atoms with Crippen molar-refractivity contribution in [3.8, 4) is 5.75 Å². The molecular formula is C24H26N2O2. The summed E-state index contributed by atoms with van der Waals surface area (Å²) in [5.74, 6) is 0.829. The van der Waals surface area contributed by atoms with Crippen molar-refractivity contribution in [2.75, 3.05) is 20.2 Å². The van der Waals surface area contributed by atoms with Gasteiger partial charge >= 0.3 is 0 Å². The average Bonchev–Trinajstić information content (AvgIpc) is 2.76. The Morgan fingerprint density at radius 2 is 1.43 bits per heavy atom. The molecule has 3 aromatic carbocycles. The Bertz CT molecular complexity index is 827. The normalized spacial score (nSPS) is 10.6. The summed E-state index contributed by atoms with van der Waals surface area (Å²) in [5, 5.41) is 6.37. The van der Waals surface area contributed by atoms with Crippen molar-refractivity contribution in [1.82, 2.24) is 10.6 Å². The molecule has 0 atom stereocenters. The van der Waals surface area contributed by atoms with Gasteiger partial charge < -0.3 is 10.1 Å². The van der Waals surface area contributed by atoms with Gasteiger partial charge in [0, 0.05) is 6.54 Å². The van der Waals surface area contributed by atoms with E-state index in [1.807, 2.05) is 60.7 Å². The molecule has 1 amide bonds. The van der Waals surface area contributed by atoms with E-state index in [0.29, 0.717) is 6.54 Å². The number of hydrogen-bond donors (Lipinski definition) is 2. The van der Waals surface area contributed by atoms with Crippen LogP contribution in [-0.2, 0) is 11.2 Å². The van der Waals surface area contributed by atoms with E-state index in [-0.39, 0.29) is 18.5 Å². The van der Waals surface area contributed by atoms with Gasteiger partial charge in [-0.2, -0.15) is 0 Å². The Morgan fingerprint density at radius 1 is 0.857 bits per heavy atom. The Kier molecular flexibility index (Phi) is 7.21. The zero-order valence-electron chi connectivity index (χ0n) is 16.1. The molecule has 0 radical (unpaired) electrons. The molecule has 0 bridgehead atoms. The van der Waals surface area contributed by atoms with Crippen molar-refractivity contribution in [3.63, 3.8) is 0 Å². The van der Waals surface area contributed by atoms with Gasteiger partial charge in [-0.3, -0.25) is 10.1 Å². The van der Waals surface area contributed by atoms with Crippen LogP contribution in [0.1, 0.15) is 22.7 Å².